The minimum absolute atomic E-state index is 0.0110. The van der Waals surface area contributed by atoms with Crippen molar-refractivity contribution in [2.75, 3.05) is 0 Å². The maximum atomic E-state index is 12.3. The maximum Gasteiger partial charge on any atom is 0.249 e. The van der Waals surface area contributed by atoms with Crippen LogP contribution in [-0.4, -0.2) is 31.2 Å². The Balaban J connectivity index is 2.13. The molecule has 0 unspecified atom stereocenters. The first kappa shape index (κ1) is 17.1. The van der Waals surface area contributed by atoms with Crippen molar-refractivity contribution in [1.29, 1.82) is 0 Å². The van der Waals surface area contributed by atoms with E-state index in [0.717, 1.165) is 19.3 Å². The fourth-order valence-corrected chi connectivity index (χ4v) is 2.36. The third-order valence-electron chi connectivity index (χ3n) is 3.56. The summed E-state index contributed by atoms with van der Waals surface area (Å²) in [6.45, 7) is 8.17. The van der Waals surface area contributed by atoms with Gasteiger partial charge >= 0.3 is 0 Å². The van der Waals surface area contributed by atoms with Crippen molar-refractivity contribution >= 4 is 5.91 Å². The summed E-state index contributed by atoms with van der Waals surface area (Å²) in [5.41, 5.74) is 0. The van der Waals surface area contributed by atoms with Crippen molar-refractivity contribution in [2.45, 2.75) is 53.0 Å². The lowest BCUT2D eigenvalue weighted by atomic mass is 10.0. The van der Waals surface area contributed by atoms with Gasteiger partial charge in [-0.15, -0.1) is 0 Å². The van der Waals surface area contributed by atoms with Crippen molar-refractivity contribution < 1.29 is 9.32 Å². The van der Waals surface area contributed by atoms with Crippen LogP contribution in [0.25, 0.3) is 11.6 Å². The van der Waals surface area contributed by atoms with Crippen molar-refractivity contribution in [1.82, 2.24) is 30.6 Å². The molecule has 2 rings (SSSR count). The van der Waals surface area contributed by atoms with E-state index in [0.29, 0.717) is 23.5 Å². The van der Waals surface area contributed by atoms with Crippen LogP contribution in [0.5, 0.6) is 0 Å². The van der Waals surface area contributed by atoms with Crippen molar-refractivity contribution in [3.63, 3.8) is 0 Å². The van der Waals surface area contributed by atoms with Gasteiger partial charge in [-0.2, -0.15) is 10.1 Å². The molecule has 0 aliphatic rings. The van der Waals surface area contributed by atoms with E-state index >= 15 is 0 Å². The molecule has 1 amide bonds. The number of H-pyrrole nitrogens is 1. The monoisotopic (exact) mass is 320 g/mol. The molecule has 2 aromatic rings. The fraction of sp³-hybridized carbons (Fsp3) is 0.667. The average molecular weight is 320 g/mol. The van der Waals surface area contributed by atoms with Crippen molar-refractivity contribution in [3.05, 3.63) is 12.2 Å². The molecule has 0 aliphatic carbocycles. The Hall–Kier alpha value is -2.25. The first-order chi connectivity index (χ1) is 11.0. The number of carbonyl (C=O) groups excluding carboxylic acids is 1. The Morgan fingerprint density at radius 1 is 1.39 bits per heavy atom. The van der Waals surface area contributed by atoms with Gasteiger partial charge in [0.05, 0.1) is 0 Å². The minimum atomic E-state index is -0.300. The van der Waals surface area contributed by atoms with Gasteiger partial charge in [0, 0.05) is 5.92 Å². The zero-order valence-electron chi connectivity index (χ0n) is 14.0. The lowest BCUT2D eigenvalue weighted by Crippen LogP contribution is -2.33. The second-order valence-corrected chi connectivity index (χ2v) is 6.17. The number of aromatic amines is 1. The van der Waals surface area contributed by atoms with Gasteiger partial charge in [-0.25, -0.2) is 4.98 Å². The summed E-state index contributed by atoms with van der Waals surface area (Å²) in [6, 6.07) is -0.300. The molecule has 0 spiro atoms. The minimum Gasteiger partial charge on any atom is -0.344 e. The smallest absolute Gasteiger partial charge is 0.249 e. The second kappa shape index (κ2) is 7.85. The summed E-state index contributed by atoms with van der Waals surface area (Å²) in [5.74, 6) is 1.52. The van der Waals surface area contributed by atoms with Crippen molar-refractivity contribution in [2.24, 2.45) is 11.8 Å². The normalized spacial score (nSPS) is 14.0. The number of hydrogen-bond acceptors (Lipinski definition) is 6. The molecule has 126 valence electrons. The zero-order chi connectivity index (χ0) is 16.8. The Kier molecular flexibility index (Phi) is 5.84. The van der Waals surface area contributed by atoms with Crippen LogP contribution in [0, 0.1) is 11.8 Å². The van der Waals surface area contributed by atoms with E-state index in [1.807, 2.05) is 6.92 Å². The highest BCUT2D eigenvalue weighted by atomic mass is 16.5. The number of carbonyl (C=O) groups is 1. The Morgan fingerprint density at radius 2 is 2.17 bits per heavy atom. The van der Waals surface area contributed by atoms with Crippen LogP contribution in [0.2, 0.25) is 0 Å². The van der Waals surface area contributed by atoms with Crippen LogP contribution in [0.1, 0.15) is 58.9 Å². The molecule has 0 saturated carbocycles. The van der Waals surface area contributed by atoms with E-state index in [9.17, 15) is 4.79 Å². The van der Waals surface area contributed by atoms with Crippen molar-refractivity contribution in [3.8, 4) is 11.6 Å². The Labute approximate surface area is 135 Å². The molecule has 2 heterocycles. The molecule has 2 N–H and O–H groups in total. The zero-order valence-corrected chi connectivity index (χ0v) is 14.0. The molecule has 2 atom stereocenters. The van der Waals surface area contributed by atoms with Gasteiger partial charge in [-0.3, -0.25) is 9.89 Å². The SMILES string of the molecule is CCC[C@H](C)C(=O)N[C@H](CC(C)C)c1nc(-c2ncn[nH]2)no1. The van der Waals surface area contributed by atoms with Gasteiger partial charge in [0.15, 0.2) is 5.82 Å². The van der Waals surface area contributed by atoms with E-state index < -0.39 is 0 Å². The molecule has 0 bridgehead atoms. The van der Waals surface area contributed by atoms with Crippen LogP contribution in [-0.2, 0) is 4.79 Å². The number of hydrogen-bond donors (Lipinski definition) is 2. The van der Waals surface area contributed by atoms with Crippen LogP contribution in [0.3, 0.4) is 0 Å². The number of nitrogens with one attached hydrogen (secondary N) is 2. The molecular weight excluding hydrogens is 296 g/mol. The van der Waals surface area contributed by atoms with E-state index in [4.69, 9.17) is 4.52 Å². The largest absolute Gasteiger partial charge is 0.344 e. The molecule has 2 aromatic heterocycles. The standard InChI is InChI=1S/C15H24N6O2/c1-5-6-10(4)14(22)18-11(7-9(2)3)15-19-13(21-23-15)12-16-8-17-20-12/h8-11H,5-7H2,1-4H3,(H,18,22)(H,16,17,20)/t10-,11+/m0/s1. The molecule has 8 nitrogen and oxygen atoms in total. The van der Waals surface area contributed by atoms with Gasteiger partial charge in [-0.05, 0) is 18.8 Å². The van der Waals surface area contributed by atoms with E-state index in [1.54, 1.807) is 0 Å². The first-order valence-corrected chi connectivity index (χ1v) is 8.01. The third-order valence-corrected chi connectivity index (χ3v) is 3.56. The third kappa shape index (κ3) is 4.61. The topological polar surface area (TPSA) is 110 Å². The lowest BCUT2D eigenvalue weighted by molar-refractivity contribution is -0.125. The highest BCUT2D eigenvalue weighted by molar-refractivity contribution is 5.78. The predicted molar refractivity (Wildman–Crippen MR) is 84.1 cm³/mol. The molecule has 8 heteroatoms. The molecule has 0 radical (unpaired) electrons. The van der Waals surface area contributed by atoms with E-state index in [-0.39, 0.29) is 17.9 Å². The Bertz CT molecular complexity index is 607. The highest BCUT2D eigenvalue weighted by Crippen LogP contribution is 2.22. The molecule has 0 aromatic carbocycles. The predicted octanol–water partition coefficient (Wildman–Crippen LogP) is 2.49. The number of amides is 1. The van der Waals surface area contributed by atoms with Gasteiger partial charge in [0.2, 0.25) is 17.6 Å². The molecule has 23 heavy (non-hydrogen) atoms. The summed E-state index contributed by atoms with van der Waals surface area (Å²) < 4.78 is 5.33. The van der Waals surface area contributed by atoms with Gasteiger partial charge < -0.3 is 9.84 Å². The fourth-order valence-electron chi connectivity index (χ4n) is 2.36. The van der Waals surface area contributed by atoms with E-state index in [1.165, 1.54) is 6.33 Å². The van der Waals surface area contributed by atoms with E-state index in [2.05, 4.69) is 51.4 Å². The van der Waals surface area contributed by atoms with Crippen LogP contribution >= 0.6 is 0 Å². The van der Waals surface area contributed by atoms with Crippen LogP contribution in [0.4, 0.5) is 0 Å². The number of aromatic nitrogens is 5. The molecule has 0 aliphatic heterocycles. The summed E-state index contributed by atoms with van der Waals surface area (Å²) in [6.07, 6.45) is 3.93. The lowest BCUT2D eigenvalue weighted by Gasteiger charge is -2.19. The van der Waals surface area contributed by atoms with Crippen LogP contribution in [0.15, 0.2) is 10.9 Å². The van der Waals surface area contributed by atoms with Crippen LogP contribution < -0.4 is 5.32 Å². The maximum absolute atomic E-state index is 12.3. The first-order valence-electron chi connectivity index (χ1n) is 8.01. The molecule has 0 saturated heterocycles. The summed E-state index contributed by atoms with van der Waals surface area (Å²) >= 11 is 0. The van der Waals surface area contributed by atoms with Gasteiger partial charge in [0.1, 0.15) is 12.4 Å². The highest BCUT2D eigenvalue weighted by Gasteiger charge is 2.25. The quantitative estimate of drug-likeness (QED) is 0.773. The average Bonchev–Trinajstić information content (AvgIpc) is 3.17. The summed E-state index contributed by atoms with van der Waals surface area (Å²) in [5, 5.41) is 13.4. The summed E-state index contributed by atoms with van der Waals surface area (Å²) in [7, 11) is 0. The number of nitrogens with zero attached hydrogens (tertiary/aromatic N) is 4. The summed E-state index contributed by atoms with van der Waals surface area (Å²) in [4.78, 5) is 20.6. The van der Waals surface area contributed by atoms with Gasteiger partial charge in [0.25, 0.3) is 0 Å². The molecular formula is C15H24N6O2. The Morgan fingerprint density at radius 3 is 2.78 bits per heavy atom. The molecule has 0 fully saturated rings. The number of rotatable bonds is 8. The second-order valence-electron chi connectivity index (χ2n) is 6.17. The van der Waals surface area contributed by atoms with Gasteiger partial charge in [-0.1, -0.05) is 39.3 Å².